The average Bonchev–Trinajstić information content (AvgIpc) is 3.67. The second-order valence-electron chi connectivity index (χ2n) is 9.22. The molecule has 0 fully saturated rings. The number of hydrogen-bond donors (Lipinski definition) is 2. The number of carbonyl (C=O) groups is 1. The molecule has 2 N–H and O–H groups in total. The predicted molar refractivity (Wildman–Crippen MR) is 149 cm³/mol. The van der Waals surface area contributed by atoms with E-state index >= 15 is 0 Å². The summed E-state index contributed by atoms with van der Waals surface area (Å²) in [7, 11) is 0. The van der Waals surface area contributed by atoms with Gasteiger partial charge >= 0.3 is 0 Å². The molecule has 7 rings (SSSR count). The highest BCUT2D eigenvalue weighted by Crippen LogP contribution is 2.44. The van der Waals surface area contributed by atoms with Gasteiger partial charge in [-0.25, -0.2) is 4.98 Å². The topological polar surface area (TPSA) is 115 Å². The van der Waals surface area contributed by atoms with Crippen molar-refractivity contribution in [1.29, 1.82) is 0 Å². The van der Waals surface area contributed by atoms with E-state index in [1.54, 1.807) is 24.5 Å². The van der Waals surface area contributed by atoms with Gasteiger partial charge in [0.05, 0.1) is 17.9 Å². The monoisotopic (exact) mass is 527 g/mol. The lowest BCUT2D eigenvalue weighted by atomic mass is 9.87. The second-order valence-corrected chi connectivity index (χ2v) is 9.22. The molecule has 0 radical (unpaired) electrons. The molecule has 0 aliphatic carbocycles. The molecule has 1 amide bonds. The third-order valence-electron chi connectivity index (χ3n) is 6.68. The fraction of sp³-hybridized carbons (Fsp3) is 0.0323. The maximum Gasteiger partial charge on any atom is 0.252 e. The van der Waals surface area contributed by atoms with Crippen molar-refractivity contribution >= 4 is 11.7 Å². The van der Waals surface area contributed by atoms with E-state index in [1.165, 1.54) is 10.7 Å². The number of hydrogen-bond acceptors (Lipinski definition) is 6. The Hall–Kier alpha value is -5.70. The number of nitrogens with zero attached hydrogens (tertiary/aromatic N) is 3. The number of rotatable bonds is 5. The number of aromatic nitrogens is 4. The third-order valence-corrected chi connectivity index (χ3v) is 6.68. The van der Waals surface area contributed by atoms with Crippen molar-refractivity contribution in [3.05, 3.63) is 131 Å². The first-order valence-electron chi connectivity index (χ1n) is 12.6. The van der Waals surface area contributed by atoms with Gasteiger partial charge in [-0.3, -0.25) is 14.6 Å². The van der Waals surface area contributed by atoms with Crippen molar-refractivity contribution in [3.63, 3.8) is 0 Å². The molecule has 6 aromatic rings. The van der Waals surface area contributed by atoms with E-state index in [4.69, 9.17) is 9.15 Å². The van der Waals surface area contributed by atoms with E-state index in [0.717, 1.165) is 16.7 Å². The van der Waals surface area contributed by atoms with Gasteiger partial charge in [-0.05, 0) is 24.3 Å². The van der Waals surface area contributed by atoms with Crippen LogP contribution in [-0.4, -0.2) is 25.7 Å². The standard InChI is InChI=1S/C31H21N5O4/c37-28-18-22(19-9-2-1-3-10-19)32-31(34-28)36-27(17-23(35-36)26-15-8-16-39-26)33-30(38)29-20-11-4-6-13-24(20)40-25-14-7-5-12-21(25)29/h1-18,29H,(H,33,38)(H,32,34,37). The van der Waals surface area contributed by atoms with E-state index in [9.17, 15) is 9.59 Å². The molecule has 0 saturated carbocycles. The van der Waals surface area contributed by atoms with Gasteiger partial charge in [-0.2, -0.15) is 9.78 Å². The summed E-state index contributed by atoms with van der Waals surface area (Å²) in [5.74, 6) is 1.26. The number of amides is 1. The molecule has 9 heteroatoms. The van der Waals surface area contributed by atoms with Gasteiger partial charge < -0.3 is 14.5 Å². The normalized spacial score (nSPS) is 12.3. The zero-order valence-corrected chi connectivity index (χ0v) is 20.9. The highest BCUT2D eigenvalue weighted by molar-refractivity contribution is 5.99. The quantitative estimate of drug-likeness (QED) is 0.295. The van der Waals surface area contributed by atoms with Gasteiger partial charge in [0.15, 0.2) is 5.76 Å². The maximum absolute atomic E-state index is 14.0. The van der Waals surface area contributed by atoms with E-state index in [0.29, 0.717) is 34.5 Å². The molecule has 3 aromatic heterocycles. The molecule has 0 spiro atoms. The summed E-state index contributed by atoms with van der Waals surface area (Å²) in [6.07, 6.45) is 1.54. The molecule has 9 nitrogen and oxygen atoms in total. The minimum absolute atomic E-state index is 0.146. The fourth-order valence-electron chi connectivity index (χ4n) is 4.87. The summed E-state index contributed by atoms with van der Waals surface area (Å²) in [5, 5.41) is 7.66. The van der Waals surface area contributed by atoms with Crippen LogP contribution in [0.15, 0.2) is 119 Å². The Balaban J connectivity index is 1.33. The molecule has 1 aliphatic rings. The van der Waals surface area contributed by atoms with Crippen LogP contribution in [0.25, 0.3) is 28.7 Å². The van der Waals surface area contributed by atoms with Gasteiger partial charge in [0.25, 0.3) is 5.56 Å². The second kappa shape index (κ2) is 9.55. The lowest BCUT2D eigenvalue weighted by Gasteiger charge is -2.27. The van der Waals surface area contributed by atoms with Crippen LogP contribution in [-0.2, 0) is 4.79 Å². The fourth-order valence-corrected chi connectivity index (χ4v) is 4.87. The summed E-state index contributed by atoms with van der Waals surface area (Å²) in [4.78, 5) is 34.1. The molecule has 1 aliphatic heterocycles. The highest BCUT2D eigenvalue weighted by Gasteiger charge is 2.33. The maximum atomic E-state index is 14.0. The molecule has 3 aromatic carbocycles. The van der Waals surface area contributed by atoms with Crippen LogP contribution in [0, 0.1) is 0 Å². The molecule has 40 heavy (non-hydrogen) atoms. The number of aromatic amines is 1. The minimum Gasteiger partial charge on any atom is -0.463 e. The number of fused-ring (bicyclic) bond motifs is 2. The Morgan fingerprint density at radius 3 is 2.23 bits per heavy atom. The van der Waals surface area contributed by atoms with Crippen molar-refractivity contribution in [2.45, 2.75) is 5.92 Å². The number of nitrogens with one attached hydrogen (secondary N) is 2. The van der Waals surface area contributed by atoms with Gasteiger partial charge in [-0.15, -0.1) is 0 Å². The van der Waals surface area contributed by atoms with Gasteiger partial charge in [-0.1, -0.05) is 66.7 Å². The molecule has 4 heterocycles. The summed E-state index contributed by atoms with van der Waals surface area (Å²) < 4.78 is 13.0. The number of ether oxygens (including phenoxy) is 1. The molecular weight excluding hydrogens is 506 g/mol. The van der Waals surface area contributed by atoms with Crippen LogP contribution in [0.3, 0.4) is 0 Å². The van der Waals surface area contributed by atoms with Gasteiger partial charge in [0.2, 0.25) is 11.9 Å². The van der Waals surface area contributed by atoms with Crippen molar-refractivity contribution in [3.8, 4) is 40.2 Å². The van der Waals surface area contributed by atoms with Crippen LogP contribution in [0.2, 0.25) is 0 Å². The van der Waals surface area contributed by atoms with Crippen molar-refractivity contribution in [2.24, 2.45) is 0 Å². The zero-order chi connectivity index (χ0) is 27.1. The van der Waals surface area contributed by atoms with E-state index < -0.39 is 5.92 Å². The van der Waals surface area contributed by atoms with Crippen molar-refractivity contribution in [2.75, 3.05) is 5.32 Å². The molecule has 0 saturated heterocycles. The summed E-state index contributed by atoms with van der Waals surface area (Å²) in [6, 6.07) is 30.9. The Morgan fingerprint density at radius 1 is 0.825 bits per heavy atom. The van der Waals surface area contributed by atoms with Crippen molar-refractivity contribution in [1.82, 2.24) is 19.7 Å². The first-order valence-corrected chi connectivity index (χ1v) is 12.6. The van der Waals surface area contributed by atoms with Crippen molar-refractivity contribution < 1.29 is 13.9 Å². The van der Waals surface area contributed by atoms with Gasteiger partial charge in [0.1, 0.15) is 23.0 Å². The molecule has 0 atom stereocenters. The van der Waals surface area contributed by atoms with Crippen LogP contribution in [0.5, 0.6) is 11.5 Å². The first kappa shape index (κ1) is 23.4. The summed E-state index contributed by atoms with van der Waals surface area (Å²) in [5.41, 5.74) is 2.83. The molecule has 0 unspecified atom stereocenters. The molecule has 0 bridgehead atoms. The number of H-pyrrole nitrogens is 1. The predicted octanol–water partition coefficient (Wildman–Crippen LogP) is 5.76. The minimum atomic E-state index is -0.640. The summed E-state index contributed by atoms with van der Waals surface area (Å²) in [6.45, 7) is 0. The van der Waals surface area contributed by atoms with Gasteiger partial charge in [0, 0.05) is 28.8 Å². The highest BCUT2D eigenvalue weighted by atomic mass is 16.5. The number of furan rings is 1. The Kier molecular flexibility index (Phi) is 5.59. The number of benzene rings is 3. The SMILES string of the molecule is O=C(Nc1cc(-c2ccco2)nn1-c1nc(-c2ccccc2)cc(=O)[nH]1)C1c2ccccc2Oc2ccccc21. The third kappa shape index (κ3) is 4.15. The first-order chi connectivity index (χ1) is 19.6. The average molecular weight is 528 g/mol. The van der Waals surface area contributed by atoms with E-state index in [-0.39, 0.29) is 17.4 Å². The van der Waals surface area contributed by atoms with Crippen LogP contribution < -0.4 is 15.6 Å². The number of para-hydroxylation sites is 2. The Bertz CT molecular complexity index is 1860. The summed E-state index contributed by atoms with van der Waals surface area (Å²) >= 11 is 0. The lowest BCUT2D eigenvalue weighted by molar-refractivity contribution is -0.116. The molecular formula is C31H21N5O4. The van der Waals surface area contributed by atoms with E-state index in [2.05, 4.69) is 20.4 Å². The largest absolute Gasteiger partial charge is 0.463 e. The Morgan fingerprint density at radius 2 is 1.52 bits per heavy atom. The Labute approximate surface area is 227 Å². The number of anilines is 1. The number of carbonyl (C=O) groups excluding carboxylic acids is 1. The van der Waals surface area contributed by atoms with E-state index in [1.807, 2.05) is 78.9 Å². The lowest BCUT2D eigenvalue weighted by Crippen LogP contribution is -2.26. The van der Waals surface area contributed by atoms with Crippen LogP contribution >= 0.6 is 0 Å². The smallest absolute Gasteiger partial charge is 0.252 e. The zero-order valence-electron chi connectivity index (χ0n) is 20.9. The van der Waals surface area contributed by atoms with Crippen LogP contribution in [0.1, 0.15) is 17.0 Å². The molecule has 194 valence electrons. The van der Waals surface area contributed by atoms with Crippen LogP contribution in [0.4, 0.5) is 5.82 Å².